The molecule has 6 heteroatoms. The highest BCUT2D eigenvalue weighted by molar-refractivity contribution is 7.18. The lowest BCUT2D eigenvalue weighted by Crippen LogP contribution is -2.32. The van der Waals surface area contributed by atoms with Gasteiger partial charge in [0.1, 0.15) is 10.7 Å². The molecule has 0 unspecified atom stereocenters. The van der Waals surface area contributed by atoms with Crippen molar-refractivity contribution in [3.8, 4) is 0 Å². The summed E-state index contributed by atoms with van der Waals surface area (Å²) >= 11 is 1.36. The Hall–Kier alpha value is -1.30. The summed E-state index contributed by atoms with van der Waals surface area (Å²) in [7, 11) is 0. The summed E-state index contributed by atoms with van der Waals surface area (Å²) in [6.07, 6.45) is 7.39. The first kappa shape index (κ1) is 12.7. The normalized spacial score (nSPS) is 19.6. The van der Waals surface area contributed by atoms with Crippen LogP contribution in [0.5, 0.6) is 0 Å². The first-order valence-corrected chi connectivity index (χ1v) is 7.85. The largest absolute Gasteiger partial charge is 0.382 e. The number of aromatic nitrogens is 1. The number of hydrogen-bond acceptors (Lipinski definition) is 5. The molecular formula is C13H20N4OS. The lowest BCUT2D eigenvalue weighted by Gasteiger charge is -2.25. The van der Waals surface area contributed by atoms with Gasteiger partial charge in [0, 0.05) is 12.6 Å². The van der Waals surface area contributed by atoms with Crippen LogP contribution in [0.3, 0.4) is 0 Å². The molecule has 0 saturated heterocycles. The Labute approximate surface area is 117 Å². The zero-order chi connectivity index (χ0) is 13.2. The maximum absolute atomic E-state index is 12.0. The van der Waals surface area contributed by atoms with E-state index in [-0.39, 0.29) is 5.91 Å². The highest BCUT2D eigenvalue weighted by Crippen LogP contribution is 2.30. The second-order valence-corrected chi connectivity index (χ2v) is 6.51. The van der Waals surface area contributed by atoms with Crippen LogP contribution in [0.4, 0.5) is 10.9 Å². The quantitative estimate of drug-likeness (QED) is 0.772. The van der Waals surface area contributed by atoms with Gasteiger partial charge in [-0.1, -0.05) is 17.8 Å². The van der Waals surface area contributed by atoms with Gasteiger partial charge in [0.05, 0.1) is 0 Å². The number of amides is 1. The van der Waals surface area contributed by atoms with Gasteiger partial charge in [-0.05, 0) is 38.0 Å². The molecule has 1 aromatic heterocycles. The van der Waals surface area contributed by atoms with Gasteiger partial charge in [-0.3, -0.25) is 4.79 Å². The van der Waals surface area contributed by atoms with E-state index in [4.69, 9.17) is 5.73 Å². The number of carbonyl (C=O) groups is 1. The molecule has 1 amide bonds. The SMILES string of the molecule is Nc1nc(NC2CCC2)sc1C(=O)NCC1CCC1. The zero-order valence-corrected chi connectivity index (χ0v) is 11.8. The Balaban J connectivity index is 1.57. The van der Waals surface area contributed by atoms with E-state index >= 15 is 0 Å². The van der Waals surface area contributed by atoms with Crippen LogP contribution in [0, 0.1) is 5.92 Å². The smallest absolute Gasteiger partial charge is 0.265 e. The number of nitrogens with zero attached hydrogens (tertiary/aromatic N) is 1. The minimum Gasteiger partial charge on any atom is -0.382 e. The molecule has 2 aliphatic carbocycles. The van der Waals surface area contributed by atoms with Crippen LogP contribution < -0.4 is 16.4 Å². The second kappa shape index (κ2) is 5.36. The third-order valence-corrected chi connectivity index (χ3v) is 5.07. The van der Waals surface area contributed by atoms with Crippen molar-refractivity contribution in [2.75, 3.05) is 17.6 Å². The number of rotatable bonds is 5. The summed E-state index contributed by atoms with van der Waals surface area (Å²) < 4.78 is 0. The molecule has 0 bridgehead atoms. The van der Waals surface area contributed by atoms with Crippen molar-refractivity contribution in [1.29, 1.82) is 0 Å². The topological polar surface area (TPSA) is 80.0 Å². The van der Waals surface area contributed by atoms with Crippen LogP contribution in [0.15, 0.2) is 0 Å². The Kier molecular flexibility index (Phi) is 3.59. The first-order valence-electron chi connectivity index (χ1n) is 7.03. The molecule has 4 N–H and O–H groups in total. The molecule has 1 heterocycles. The summed E-state index contributed by atoms with van der Waals surface area (Å²) in [5.74, 6) is 0.923. The van der Waals surface area contributed by atoms with E-state index in [0.717, 1.165) is 11.7 Å². The fourth-order valence-electron chi connectivity index (χ4n) is 2.30. The molecule has 0 radical (unpaired) electrons. The van der Waals surface area contributed by atoms with Crippen molar-refractivity contribution in [3.05, 3.63) is 4.88 Å². The maximum Gasteiger partial charge on any atom is 0.265 e. The lowest BCUT2D eigenvalue weighted by molar-refractivity contribution is 0.0944. The number of anilines is 2. The Morgan fingerprint density at radius 2 is 2.05 bits per heavy atom. The molecule has 104 valence electrons. The van der Waals surface area contributed by atoms with Crippen molar-refractivity contribution < 1.29 is 4.79 Å². The second-order valence-electron chi connectivity index (χ2n) is 5.51. The van der Waals surface area contributed by atoms with Crippen LogP contribution >= 0.6 is 11.3 Å². The maximum atomic E-state index is 12.0. The number of nitrogens with two attached hydrogens (primary N) is 1. The Morgan fingerprint density at radius 3 is 2.63 bits per heavy atom. The molecule has 2 fully saturated rings. The molecule has 3 rings (SSSR count). The van der Waals surface area contributed by atoms with Gasteiger partial charge in [0.15, 0.2) is 5.13 Å². The molecule has 0 spiro atoms. The standard InChI is InChI=1S/C13H20N4OS/c14-11-10(12(18)15-7-8-3-1-4-8)19-13(17-11)16-9-5-2-6-9/h8-9H,1-7,14H2,(H,15,18)(H,16,17). The molecule has 5 nitrogen and oxygen atoms in total. The van der Waals surface area contributed by atoms with Crippen LogP contribution in [0.2, 0.25) is 0 Å². The highest BCUT2D eigenvalue weighted by Gasteiger charge is 2.23. The summed E-state index contributed by atoms with van der Waals surface area (Å²) in [4.78, 5) is 16.8. The van der Waals surface area contributed by atoms with E-state index in [1.807, 2.05) is 0 Å². The third-order valence-electron chi connectivity index (χ3n) is 4.07. The van der Waals surface area contributed by atoms with E-state index in [1.54, 1.807) is 0 Å². The van der Waals surface area contributed by atoms with E-state index in [2.05, 4.69) is 15.6 Å². The monoisotopic (exact) mass is 280 g/mol. The Bertz CT molecular complexity index is 465. The summed E-state index contributed by atoms with van der Waals surface area (Å²) in [5, 5.41) is 7.06. The van der Waals surface area contributed by atoms with E-state index in [1.165, 1.54) is 49.9 Å². The van der Waals surface area contributed by atoms with Gasteiger partial charge in [0.2, 0.25) is 0 Å². The molecule has 1 aromatic rings. The van der Waals surface area contributed by atoms with Crippen molar-refractivity contribution in [1.82, 2.24) is 10.3 Å². The van der Waals surface area contributed by atoms with Crippen molar-refractivity contribution in [2.45, 2.75) is 44.6 Å². The van der Waals surface area contributed by atoms with Gasteiger partial charge in [0.25, 0.3) is 5.91 Å². The first-order chi connectivity index (χ1) is 9.22. The molecule has 19 heavy (non-hydrogen) atoms. The van der Waals surface area contributed by atoms with Gasteiger partial charge < -0.3 is 16.4 Å². The predicted molar refractivity (Wildman–Crippen MR) is 77.5 cm³/mol. The van der Waals surface area contributed by atoms with Crippen LogP contribution in [0.1, 0.15) is 48.2 Å². The number of nitrogens with one attached hydrogen (secondary N) is 2. The minimum absolute atomic E-state index is 0.0800. The van der Waals surface area contributed by atoms with E-state index in [9.17, 15) is 4.79 Å². The fraction of sp³-hybridized carbons (Fsp3) is 0.692. The number of thiazole rings is 1. The minimum atomic E-state index is -0.0800. The van der Waals surface area contributed by atoms with Crippen LogP contribution in [-0.4, -0.2) is 23.5 Å². The van der Waals surface area contributed by atoms with E-state index in [0.29, 0.717) is 22.7 Å². The van der Waals surface area contributed by atoms with Gasteiger partial charge in [-0.2, -0.15) is 0 Å². The molecule has 2 aliphatic rings. The van der Waals surface area contributed by atoms with Crippen molar-refractivity contribution >= 4 is 28.2 Å². The predicted octanol–water partition coefficient (Wildman–Crippen LogP) is 2.22. The average Bonchev–Trinajstić information content (AvgIpc) is 2.63. The summed E-state index contributed by atoms with van der Waals surface area (Å²) in [6.45, 7) is 0.765. The third kappa shape index (κ3) is 2.83. The zero-order valence-electron chi connectivity index (χ0n) is 10.9. The average molecular weight is 280 g/mol. The van der Waals surface area contributed by atoms with Crippen LogP contribution in [0.25, 0.3) is 0 Å². The number of carbonyl (C=O) groups excluding carboxylic acids is 1. The fourth-order valence-corrected chi connectivity index (χ4v) is 3.18. The molecule has 2 saturated carbocycles. The molecule has 0 aromatic carbocycles. The highest BCUT2D eigenvalue weighted by atomic mass is 32.1. The molecule has 0 atom stereocenters. The number of nitrogen functional groups attached to an aromatic ring is 1. The van der Waals surface area contributed by atoms with Gasteiger partial charge in [-0.15, -0.1) is 0 Å². The van der Waals surface area contributed by atoms with Crippen LogP contribution in [-0.2, 0) is 0 Å². The van der Waals surface area contributed by atoms with E-state index < -0.39 is 0 Å². The molecular weight excluding hydrogens is 260 g/mol. The number of hydrogen-bond donors (Lipinski definition) is 3. The van der Waals surface area contributed by atoms with Gasteiger partial charge in [-0.25, -0.2) is 4.98 Å². The summed E-state index contributed by atoms with van der Waals surface area (Å²) in [6, 6.07) is 0.511. The van der Waals surface area contributed by atoms with Crippen molar-refractivity contribution in [2.24, 2.45) is 5.92 Å². The molecule has 0 aliphatic heterocycles. The van der Waals surface area contributed by atoms with Crippen molar-refractivity contribution in [3.63, 3.8) is 0 Å². The Morgan fingerprint density at radius 1 is 1.32 bits per heavy atom. The summed E-state index contributed by atoms with van der Waals surface area (Å²) in [5.41, 5.74) is 5.83. The lowest BCUT2D eigenvalue weighted by atomic mass is 9.85. The van der Waals surface area contributed by atoms with Gasteiger partial charge >= 0.3 is 0 Å².